The van der Waals surface area contributed by atoms with Crippen molar-refractivity contribution in [3.63, 3.8) is 0 Å². The van der Waals surface area contributed by atoms with Gasteiger partial charge in [-0.3, -0.25) is 9.10 Å². The summed E-state index contributed by atoms with van der Waals surface area (Å²) in [7, 11) is -1.15. The summed E-state index contributed by atoms with van der Waals surface area (Å²) < 4.78 is 44.6. The lowest BCUT2D eigenvalue weighted by atomic mass is 10.2. The summed E-state index contributed by atoms with van der Waals surface area (Å²) in [5.41, 5.74) is 1.94. The topological polar surface area (TPSA) is 94.2 Å². The minimum Gasteiger partial charge on any atom is -0.497 e. The molecule has 1 N–H and O–H groups in total. The number of nitrogens with zero attached hydrogens (tertiary/aromatic N) is 1. The molecule has 3 aromatic carbocycles. The van der Waals surface area contributed by atoms with Gasteiger partial charge in [0, 0.05) is 6.54 Å². The highest BCUT2D eigenvalue weighted by atomic mass is 32.2. The highest BCUT2D eigenvalue weighted by molar-refractivity contribution is 7.93. The molecular weight excluding hydrogens is 468 g/mol. The quantitative estimate of drug-likeness (QED) is 0.431. The predicted octanol–water partition coefficient (Wildman–Crippen LogP) is 3.92. The number of nitrogens with one attached hydrogen (secondary N) is 1. The molecule has 8 nitrogen and oxygen atoms in total. The summed E-state index contributed by atoms with van der Waals surface area (Å²) in [6, 6.07) is 18.7. The van der Waals surface area contributed by atoms with Gasteiger partial charge in [0.05, 0.1) is 26.5 Å². The van der Waals surface area contributed by atoms with Crippen LogP contribution in [0.2, 0.25) is 0 Å². The molecule has 0 saturated carbocycles. The van der Waals surface area contributed by atoms with Crippen LogP contribution in [0.5, 0.6) is 17.2 Å². The van der Waals surface area contributed by atoms with E-state index >= 15 is 0 Å². The molecule has 0 radical (unpaired) electrons. The zero-order valence-corrected chi connectivity index (χ0v) is 21.1. The molecule has 9 heteroatoms. The van der Waals surface area contributed by atoms with E-state index in [4.69, 9.17) is 14.2 Å². The lowest BCUT2D eigenvalue weighted by Gasteiger charge is -2.25. The average molecular weight is 499 g/mol. The van der Waals surface area contributed by atoms with E-state index in [9.17, 15) is 13.2 Å². The van der Waals surface area contributed by atoms with Gasteiger partial charge in [-0.15, -0.1) is 0 Å². The normalized spacial score (nSPS) is 11.0. The molecule has 3 aromatic rings. The molecule has 3 rings (SSSR count). The van der Waals surface area contributed by atoms with Crippen LogP contribution in [0.15, 0.2) is 71.6 Å². The van der Waals surface area contributed by atoms with E-state index in [1.54, 1.807) is 62.6 Å². The van der Waals surface area contributed by atoms with Crippen LogP contribution in [0.4, 0.5) is 5.69 Å². The Morgan fingerprint density at radius 2 is 1.57 bits per heavy atom. The second-order valence-electron chi connectivity index (χ2n) is 7.72. The minimum absolute atomic E-state index is 0.0168. The Bertz CT molecular complexity index is 1240. The van der Waals surface area contributed by atoms with E-state index in [-0.39, 0.29) is 17.2 Å². The van der Waals surface area contributed by atoms with E-state index in [2.05, 4.69) is 5.32 Å². The first-order chi connectivity index (χ1) is 16.8. The van der Waals surface area contributed by atoms with Gasteiger partial charge in [0.15, 0.2) is 0 Å². The Labute approximate surface area is 206 Å². The van der Waals surface area contributed by atoms with Crippen molar-refractivity contribution in [1.29, 1.82) is 0 Å². The van der Waals surface area contributed by atoms with Gasteiger partial charge in [-0.2, -0.15) is 0 Å². The third-order valence-corrected chi connectivity index (χ3v) is 7.05. The van der Waals surface area contributed by atoms with E-state index in [0.29, 0.717) is 23.8 Å². The standard InChI is InChI=1S/C26H30N2O6S/c1-5-34-23-13-9-21(10-14-23)28(35(30,31)25-16-19(2)6-15-24(25)33-4)18-26(29)27-17-20-7-11-22(32-3)12-8-20/h6-16H,5,17-18H2,1-4H3,(H,27,29). The Morgan fingerprint density at radius 3 is 2.17 bits per heavy atom. The smallest absolute Gasteiger partial charge is 0.268 e. The summed E-state index contributed by atoms with van der Waals surface area (Å²) >= 11 is 0. The number of methoxy groups -OCH3 is 2. The van der Waals surface area contributed by atoms with Gasteiger partial charge < -0.3 is 19.5 Å². The van der Waals surface area contributed by atoms with Crippen LogP contribution < -0.4 is 23.8 Å². The first-order valence-corrected chi connectivity index (χ1v) is 12.5. The van der Waals surface area contributed by atoms with E-state index < -0.39 is 22.5 Å². The molecular formula is C26H30N2O6S. The van der Waals surface area contributed by atoms with Crippen molar-refractivity contribution in [1.82, 2.24) is 5.32 Å². The molecule has 0 aliphatic rings. The first-order valence-electron chi connectivity index (χ1n) is 11.1. The summed E-state index contributed by atoms with van der Waals surface area (Å²) in [6.07, 6.45) is 0. The maximum atomic E-state index is 13.8. The summed E-state index contributed by atoms with van der Waals surface area (Å²) in [5, 5.41) is 2.79. The second kappa shape index (κ2) is 11.6. The Morgan fingerprint density at radius 1 is 0.914 bits per heavy atom. The third kappa shape index (κ3) is 6.45. The van der Waals surface area contributed by atoms with Gasteiger partial charge in [-0.1, -0.05) is 18.2 Å². The van der Waals surface area contributed by atoms with Crippen LogP contribution in [0.1, 0.15) is 18.1 Å². The fourth-order valence-corrected chi connectivity index (χ4v) is 5.09. The monoisotopic (exact) mass is 498 g/mol. The second-order valence-corrected chi connectivity index (χ2v) is 9.55. The zero-order chi connectivity index (χ0) is 25.4. The number of hydrogen-bond donors (Lipinski definition) is 1. The summed E-state index contributed by atoms with van der Waals surface area (Å²) in [5.74, 6) is 1.06. The van der Waals surface area contributed by atoms with Gasteiger partial charge >= 0.3 is 0 Å². The molecule has 0 bridgehead atoms. The molecule has 0 unspecified atom stereocenters. The summed E-state index contributed by atoms with van der Waals surface area (Å²) in [4.78, 5) is 12.9. The fraction of sp³-hybridized carbons (Fsp3) is 0.269. The molecule has 35 heavy (non-hydrogen) atoms. The Kier molecular flexibility index (Phi) is 8.59. The van der Waals surface area contributed by atoms with Crippen molar-refractivity contribution in [2.45, 2.75) is 25.3 Å². The number of aryl methyl sites for hydroxylation is 1. The molecule has 0 saturated heterocycles. The Hall–Kier alpha value is -3.72. The predicted molar refractivity (Wildman–Crippen MR) is 135 cm³/mol. The number of anilines is 1. The van der Waals surface area contributed by atoms with E-state index in [0.717, 1.165) is 15.4 Å². The van der Waals surface area contributed by atoms with Crippen molar-refractivity contribution < 1.29 is 27.4 Å². The number of sulfonamides is 1. The van der Waals surface area contributed by atoms with Crippen LogP contribution >= 0.6 is 0 Å². The van der Waals surface area contributed by atoms with Crippen LogP contribution in [0, 0.1) is 6.92 Å². The van der Waals surface area contributed by atoms with Crippen molar-refractivity contribution in [2.75, 3.05) is 31.7 Å². The molecule has 1 amide bonds. The van der Waals surface area contributed by atoms with Crippen LogP contribution in [-0.4, -0.2) is 41.7 Å². The number of amides is 1. The van der Waals surface area contributed by atoms with E-state index in [1.165, 1.54) is 13.2 Å². The van der Waals surface area contributed by atoms with Gasteiger partial charge in [0.2, 0.25) is 5.91 Å². The maximum Gasteiger partial charge on any atom is 0.268 e. The summed E-state index contributed by atoms with van der Waals surface area (Å²) in [6.45, 7) is 3.97. The number of carbonyl (C=O) groups is 1. The lowest BCUT2D eigenvalue weighted by molar-refractivity contribution is -0.119. The van der Waals surface area contributed by atoms with Gasteiger partial charge in [0.1, 0.15) is 28.7 Å². The van der Waals surface area contributed by atoms with Crippen molar-refractivity contribution in [2.24, 2.45) is 0 Å². The van der Waals surface area contributed by atoms with Crippen molar-refractivity contribution in [3.8, 4) is 17.2 Å². The van der Waals surface area contributed by atoms with Crippen molar-refractivity contribution >= 4 is 21.6 Å². The van der Waals surface area contributed by atoms with E-state index in [1.807, 2.05) is 19.1 Å². The van der Waals surface area contributed by atoms with Gasteiger partial charge in [0.25, 0.3) is 10.0 Å². The first kappa shape index (κ1) is 25.9. The third-order valence-electron chi connectivity index (χ3n) is 5.26. The number of hydrogen-bond acceptors (Lipinski definition) is 6. The highest BCUT2D eigenvalue weighted by Crippen LogP contribution is 2.31. The molecule has 0 heterocycles. The zero-order valence-electron chi connectivity index (χ0n) is 20.3. The van der Waals surface area contributed by atoms with Gasteiger partial charge in [-0.25, -0.2) is 8.42 Å². The molecule has 0 aliphatic carbocycles. The minimum atomic E-state index is -4.14. The largest absolute Gasteiger partial charge is 0.497 e. The van der Waals surface area contributed by atoms with Crippen LogP contribution in [-0.2, 0) is 21.4 Å². The molecule has 0 spiro atoms. The molecule has 0 aliphatic heterocycles. The number of ether oxygens (including phenoxy) is 3. The average Bonchev–Trinajstić information content (AvgIpc) is 2.87. The number of carbonyl (C=O) groups excluding carboxylic acids is 1. The lowest BCUT2D eigenvalue weighted by Crippen LogP contribution is -2.40. The molecule has 0 fully saturated rings. The molecule has 0 atom stereocenters. The van der Waals surface area contributed by atoms with Crippen LogP contribution in [0.3, 0.4) is 0 Å². The van der Waals surface area contributed by atoms with Crippen molar-refractivity contribution in [3.05, 3.63) is 77.9 Å². The maximum absolute atomic E-state index is 13.8. The number of benzene rings is 3. The fourth-order valence-electron chi connectivity index (χ4n) is 3.42. The van der Waals surface area contributed by atoms with Gasteiger partial charge in [-0.05, 0) is 73.5 Å². The SMILES string of the molecule is CCOc1ccc(N(CC(=O)NCc2ccc(OC)cc2)S(=O)(=O)c2cc(C)ccc2OC)cc1. The van der Waals surface area contributed by atoms with Crippen LogP contribution in [0.25, 0.3) is 0 Å². The molecule has 0 aromatic heterocycles. The molecule has 186 valence electrons. The highest BCUT2D eigenvalue weighted by Gasteiger charge is 2.30. The number of rotatable bonds is 11. The Balaban J connectivity index is 1.90.